The van der Waals surface area contributed by atoms with Gasteiger partial charge in [-0.2, -0.15) is 0 Å². The molecule has 1 aromatic carbocycles. The Morgan fingerprint density at radius 1 is 1.18 bits per heavy atom. The van der Waals surface area contributed by atoms with Crippen molar-refractivity contribution < 1.29 is 9.47 Å². The molecule has 4 heteroatoms. The van der Waals surface area contributed by atoms with Gasteiger partial charge in [0.25, 0.3) is 0 Å². The summed E-state index contributed by atoms with van der Waals surface area (Å²) in [6.45, 7) is 3.33. The number of benzene rings is 1. The molecule has 1 unspecified atom stereocenters. The van der Waals surface area contributed by atoms with Gasteiger partial charge in [-0.1, -0.05) is 19.1 Å². The predicted octanol–water partition coefficient (Wildman–Crippen LogP) is 3.16. The van der Waals surface area contributed by atoms with Crippen LogP contribution in [0, 0.1) is 0 Å². The molecule has 1 aromatic heterocycles. The Labute approximate surface area is 132 Å². The number of pyridine rings is 1. The third kappa shape index (κ3) is 4.21. The van der Waals surface area contributed by atoms with Crippen molar-refractivity contribution in [1.29, 1.82) is 0 Å². The molecule has 2 aromatic rings. The summed E-state index contributed by atoms with van der Waals surface area (Å²) in [6.07, 6.45) is 3.61. The lowest BCUT2D eigenvalue weighted by molar-refractivity contribution is 0.294. The molecule has 0 aliphatic rings. The van der Waals surface area contributed by atoms with E-state index in [1.165, 1.54) is 5.56 Å². The fraction of sp³-hybridized carbons (Fsp3) is 0.389. The van der Waals surface area contributed by atoms with Crippen LogP contribution in [0.15, 0.2) is 42.6 Å². The zero-order chi connectivity index (χ0) is 15.8. The van der Waals surface area contributed by atoms with Crippen LogP contribution in [0.2, 0.25) is 0 Å². The van der Waals surface area contributed by atoms with Gasteiger partial charge in [0.1, 0.15) is 0 Å². The first-order chi connectivity index (χ1) is 10.8. The fourth-order valence-electron chi connectivity index (χ4n) is 2.38. The van der Waals surface area contributed by atoms with E-state index < -0.39 is 0 Å². The van der Waals surface area contributed by atoms with E-state index in [-0.39, 0.29) is 5.92 Å². The van der Waals surface area contributed by atoms with E-state index in [4.69, 9.17) is 15.2 Å². The Morgan fingerprint density at radius 2 is 2.05 bits per heavy atom. The third-order valence-electron chi connectivity index (χ3n) is 3.56. The highest BCUT2D eigenvalue weighted by molar-refractivity contribution is 5.43. The number of hydrogen-bond donors (Lipinski definition) is 1. The lowest BCUT2D eigenvalue weighted by atomic mass is 9.95. The molecule has 4 nitrogen and oxygen atoms in total. The molecule has 0 aliphatic carbocycles. The van der Waals surface area contributed by atoms with Crippen LogP contribution in [0.5, 0.6) is 11.5 Å². The second-order valence-corrected chi connectivity index (χ2v) is 5.23. The average molecular weight is 300 g/mol. The molecule has 0 spiro atoms. The van der Waals surface area contributed by atoms with Crippen LogP contribution < -0.4 is 15.2 Å². The van der Waals surface area contributed by atoms with Crippen molar-refractivity contribution in [2.24, 2.45) is 5.73 Å². The van der Waals surface area contributed by atoms with E-state index in [1.54, 1.807) is 7.11 Å². The molecule has 0 amide bonds. The van der Waals surface area contributed by atoms with Gasteiger partial charge in [0.05, 0.1) is 13.7 Å². The van der Waals surface area contributed by atoms with Gasteiger partial charge in [-0.3, -0.25) is 4.98 Å². The van der Waals surface area contributed by atoms with E-state index in [1.807, 2.05) is 36.5 Å². The maximum absolute atomic E-state index is 5.93. The highest BCUT2D eigenvalue weighted by Crippen LogP contribution is 2.30. The van der Waals surface area contributed by atoms with Gasteiger partial charge in [-0.15, -0.1) is 0 Å². The lowest BCUT2D eigenvalue weighted by Crippen LogP contribution is -2.16. The molecule has 1 atom stereocenters. The van der Waals surface area contributed by atoms with Crippen molar-refractivity contribution >= 4 is 0 Å². The van der Waals surface area contributed by atoms with E-state index in [2.05, 4.69) is 18.0 Å². The van der Waals surface area contributed by atoms with Crippen molar-refractivity contribution in [1.82, 2.24) is 4.98 Å². The molecule has 0 radical (unpaired) electrons. The number of methoxy groups -OCH3 is 1. The summed E-state index contributed by atoms with van der Waals surface area (Å²) in [4.78, 5) is 4.42. The van der Waals surface area contributed by atoms with E-state index >= 15 is 0 Å². The van der Waals surface area contributed by atoms with Crippen molar-refractivity contribution in [3.63, 3.8) is 0 Å². The van der Waals surface area contributed by atoms with Gasteiger partial charge >= 0.3 is 0 Å². The van der Waals surface area contributed by atoms with Crippen molar-refractivity contribution in [2.75, 3.05) is 20.3 Å². The zero-order valence-corrected chi connectivity index (χ0v) is 13.3. The molecular formula is C18H24N2O2. The normalized spacial score (nSPS) is 12.0. The van der Waals surface area contributed by atoms with Crippen LogP contribution in [-0.2, 0) is 6.42 Å². The minimum atomic E-state index is 0.202. The Bertz CT molecular complexity index is 573. The van der Waals surface area contributed by atoms with Crippen LogP contribution in [0.4, 0.5) is 0 Å². The summed E-state index contributed by atoms with van der Waals surface area (Å²) in [5, 5.41) is 0. The maximum Gasteiger partial charge on any atom is 0.161 e. The summed E-state index contributed by atoms with van der Waals surface area (Å²) in [5.74, 6) is 1.76. The Hall–Kier alpha value is -2.07. The van der Waals surface area contributed by atoms with Gasteiger partial charge in [-0.05, 0) is 42.7 Å². The second kappa shape index (κ2) is 8.39. The fourth-order valence-corrected chi connectivity index (χ4v) is 2.38. The SMILES string of the molecule is CCCOc1cc(CC(CN)c2ccccn2)ccc1OC. The second-order valence-electron chi connectivity index (χ2n) is 5.23. The van der Waals surface area contributed by atoms with Crippen LogP contribution in [-0.4, -0.2) is 25.2 Å². The molecular weight excluding hydrogens is 276 g/mol. The molecule has 1 heterocycles. The Morgan fingerprint density at radius 3 is 2.68 bits per heavy atom. The third-order valence-corrected chi connectivity index (χ3v) is 3.56. The zero-order valence-electron chi connectivity index (χ0n) is 13.3. The van der Waals surface area contributed by atoms with Crippen molar-refractivity contribution in [3.8, 4) is 11.5 Å². The molecule has 22 heavy (non-hydrogen) atoms. The summed E-state index contributed by atoms with van der Waals surface area (Å²) in [7, 11) is 1.66. The summed E-state index contributed by atoms with van der Waals surface area (Å²) >= 11 is 0. The molecule has 0 bridgehead atoms. The summed E-state index contributed by atoms with van der Waals surface area (Å²) in [5.41, 5.74) is 8.13. The monoisotopic (exact) mass is 300 g/mol. The number of nitrogens with zero attached hydrogens (tertiary/aromatic N) is 1. The van der Waals surface area contributed by atoms with E-state index in [0.29, 0.717) is 13.2 Å². The van der Waals surface area contributed by atoms with E-state index in [0.717, 1.165) is 30.0 Å². The average Bonchev–Trinajstić information content (AvgIpc) is 2.58. The van der Waals surface area contributed by atoms with Crippen molar-refractivity contribution in [2.45, 2.75) is 25.7 Å². The molecule has 0 saturated carbocycles. The maximum atomic E-state index is 5.93. The Balaban J connectivity index is 2.17. The number of aromatic nitrogens is 1. The number of rotatable bonds is 8. The highest BCUT2D eigenvalue weighted by atomic mass is 16.5. The number of hydrogen-bond acceptors (Lipinski definition) is 4. The quantitative estimate of drug-likeness (QED) is 0.813. The van der Waals surface area contributed by atoms with E-state index in [9.17, 15) is 0 Å². The minimum absolute atomic E-state index is 0.202. The van der Waals surface area contributed by atoms with Gasteiger partial charge in [0.15, 0.2) is 11.5 Å². The van der Waals surface area contributed by atoms with Crippen LogP contribution in [0.1, 0.15) is 30.5 Å². The van der Waals surface area contributed by atoms with Crippen LogP contribution >= 0.6 is 0 Å². The van der Waals surface area contributed by atoms with Gasteiger partial charge in [0, 0.05) is 24.4 Å². The molecule has 0 fully saturated rings. The molecule has 118 valence electrons. The van der Waals surface area contributed by atoms with Gasteiger partial charge < -0.3 is 15.2 Å². The molecule has 0 saturated heterocycles. The number of ether oxygens (including phenoxy) is 2. The predicted molar refractivity (Wildman–Crippen MR) is 88.5 cm³/mol. The summed E-state index contributed by atoms with van der Waals surface area (Å²) < 4.78 is 11.1. The number of nitrogens with two attached hydrogens (primary N) is 1. The van der Waals surface area contributed by atoms with Crippen LogP contribution in [0.3, 0.4) is 0 Å². The smallest absolute Gasteiger partial charge is 0.161 e. The Kier molecular flexibility index (Phi) is 6.22. The molecule has 2 N–H and O–H groups in total. The first-order valence-electron chi connectivity index (χ1n) is 7.69. The van der Waals surface area contributed by atoms with Gasteiger partial charge in [0.2, 0.25) is 0 Å². The first-order valence-corrected chi connectivity index (χ1v) is 7.69. The minimum Gasteiger partial charge on any atom is -0.493 e. The van der Waals surface area contributed by atoms with Crippen LogP contribution in [0.25, 0.3) is 0 Å². The lowest BCUT2D eigenvalue weighted by Gasteiger charge is -2.16. The standard InChI is InChI=1S/C18H24N2O2/c1-3-10-22-18-12-14(7-8-17(18)21-2)11-15(13-19)16-6-4-5-9-20-16/h4-9,12,15H,3,10-11,13,19H2,1-2H3. The molecule has 2 rings (SSSR count). The van der Waals surface area contributed by atoms with Crippen molar-refractivity contribution in [3.05, 3.63) is 53.9 Å². The van der Waals surface area contributed by atoms with Gasteiger partial charge in [-0.25, -0.2) is 0 Å². The summed E-state index contributed by atoms with van der Waals surface area (Å²) in [6, 6.07) is 12.0. The topological polar surface area (TPSA) is 57.4 Å². The highest BCUT2D eigenvalue weighted by Gasteiger charge is 2.13. The first kappa shape index (κ1) is 16.3. The largest absolute Gasteiger partial charge is 0.493 e. The molecule has 0 aliphatic heterocycles.